The predicted octanol–water partition coefficient (Wildman–Crippen LogP) is 3.29. The summed E-state index contributed by atoms with van der Waals surface area (Å²) in [5, 5.41) is 0. The zero-order valence-electron chi connectivity index (χ0n) is 16.7. The van der Waals surface area contributed by atoms with Crippen LogP contribution in [0.4, 0.5) is 0 Å². The number of carbonyl (C=O) groups is 1. The van der Waals surface area contributed by atoms with E-state index in [0.29, 0.717) is 24.3 Å². The van der Waals surface area contributed by atoms with Crippen LogP contribution in [-0.4, -0.2) is 54.9 Å². The number of carbonyl (C=O) groups excluding carboxylic acids is 1. The number of piperidine rings is 1. The second-order valence-electron chi connectivity index (χ2n) is 9.18. The largest absolute Gasteiger partial charge is 0.461 e. The molecule has 2 bridgehead atoms. The summed E-state index contributed by atoms with van der Waals surface area (Å²) in [6, 6.07) is 20.8. The van der Waals surface area contributed by atoms with Gasteiger partial charge in [0, 0.05) is 12.8 Å². The van der Waals surface area contributed by atoms with Gasteiger partial charge in [-0.1, -0.05) is 60.7 Å². The topological polar surface area (TPSA) is 38.8 Å². The van der Waals surface area contributed by atoms with Crippen LogP contribution in [0.25, 0.3) is 0 Å². The summed E-state index contributed by atoms with van der Waals surface area (Å²) in [5.41, 5.74) is 1.11. The van der Waals surface area contributed by atoms with Crippen LogP contribution in [-0.2, 0) is 19.7 Å². The molecule has 3 aliphatic rings. The maximum absolute atomic E-state index is 13.6. The maximum atomic E-state index is 13.6. The summed E-state index contributed by atoms with van der Waals surface area (Å²) in [4.78, 5) is 13.6. The van der Waals surface area contributed by atoms with Gasteiger partial charge in [0.05, 0.1) is 14.1 Å². The lowest BCUT2D eigenvalue weighted by Gasteiger charge is -2.45. The van der Waals surface area contributed by atoms with Crippen molar-refractivity contribution in [2.75, 3.05) is 14.1 Å². The van der Waals surface area contributed by atoms with Crippen molar-refractivity contribution in [2.24, 2.45) is 0 Å². The highest BCUT2D eigenvalue weighted by molar-refractivity contribution is 5.87. The van der Waals surface area contributed by atoms with Crippen molar-refractivity contribution >= 4 is 5.97 Å². The van der Waals surface area contributed by atoms with Gasteiger partial charge >= 0.3 is 5.97 Å². The van der Waals surface area contributed by atoms with Crippen LogP contribution in [0.2, 0.25) is 0 Å². The average molecular weight is 378 g/mol. The third-order valence-corrected chi connectivity index (χ3v) is 7.42. The third-order valence-electron chi connectivity index (χ3n) is 7.42. The highest BCUT2D eigenvalue weighted by Gasteiger charge is 2.70. The number of morpholine rings is 1. The average Bonchev–Trinajstić information content (AvgIpc) is 3.47. The van der Waals surface area contributed by atoms with Crippen LogP contribution in [0, 0.1) is 0 Å². The second-order valence-corrected chi connectivity index (χ2v) is 9.18. The third kappa shape index (κ3) is 2.55. The minimum atomic E-state index is -0.817. The Morgan fingerprint density at radius 1 is 0.929 bits per heavy atom. The maximum Gasteiger partial charge on any atom is 0.321 e. The summed E-state index contributed by atoms with van der Waals surface area (Å²) in [7, 11) is 4.59. The molecule has 0 aromatic heterocycles. The lowest BCUT2D eigenvalue weighted by atomic mass is 9.76. The Balaban J connectivity index is 1.42. The van der Waals surface area contributed by atoms with E-state index in [9.17, 15) is 4.79 Å². The predicted molar refractivity (Wildman–Crippen MR) is 107 cm³/mol. The molecule has 0 saturated carbocycles. The van der Waals surface area contributed by atoms with E-state index in [-0.39, 0.29) is 12.1 Å². The minimum Gasteiger partial charge on any atom is -0.461 e. The molecule has 4 heteroatoms. The van der Waals surface area contributed by atoms with Crippen LogP contribution >= 0.6 is 0 Å². The van der Waals surface area contributed by atoms with E-state index >= 15 is 0 Å². The van der Waals surface area contributed by atoms with Crippen molar-refractivity contribution in [3.8, 4) is 0 Å². The molecule has 0 radical (unpaired) electrons. The molecule has 146 valence electrons. The van der Waals surface area contributed by atoms with Crippen LogP contribution < -0.4 is 0 Å². The quantitative estimate of drug-likeness (QED) is 0.466. The molecule has 0 N–H and O–H groups in total. The fourth-order valence-electron chi connectivity index (χ4n) is 5.52. The van der Waals surface area contributed by atoms with Gasteiger partial charge in [-0.05, 0) is 18.1 Å². The molecule has 0 aliphatic carbocycles. The Morgan fingerprint density at radius 2 is 1.39 bits per heavy atom. The zero-order chi connectivity index (χ0) is 19.5. The molecule has 2 aromatic rings. The van der Waals surface area contributed by atoms with Gasteiger partial charge in [-0.2, -0.15) is 0 Å². The Hall–Kier alpha value is -2.17. The number of hydrogen-bond donors (Lipinski definition) is 0. The smallest absolute Gasteiger partial charge is 0.321 e. The molecule has 3 saturated heterocycles. The van der Waals surface area contributed by atoms with Crippen LogP contribution in [0.15, 0.2) is 60.7 Å². The molecule has 28 heavy (non-hydrogen) atoms. The van der Waals surface area contributed by atoms with Gasteiger partial charge in [0.1, 0.15) is 35.8 Å². The number of epoxide rings is 1. The first kappa shape index (κ1) is 17.9. The molecular formula is C24H28NO3+. The van der Waals surface area contributed by atoms with E-state index in [0.717, 1.165) is 28.5 Å². The van der Waals surface area contributed by atoms with Gasteiger partial charge < -0.3 is 14.0 Å². The van der Waals surface area contributed by atoms with Gasteiger partial charge in [0.2, 0.25) is 0 Å². The van der Waals surface area contributed by atoms with E-state index < -0.39 is 5.41 Å². The van der Waals surface area contributed by atoms with Crippen molar-refractivity contribution in [1.82, 2.24) is 0 Å². The number of esters is 1. The molecule has 5 atom stereocenters. The van der Waals surface area contributed by atoms with E-state index in [1.54, 1.807) is 0 Å². The van der Waals surface area contributed by atoms with E-state index in [4.69, 9.17) is 9.47 Å². The van der Waals surface area contributed by atoms with Crippen LogP contribution in [0.5, 0.6) is 0 Å². The van der Waals surface area contributed by atoms with E-state index in [1.807, 2.05) is 67.6 Å². The van der Waals surface area contributed by atoms with Crippen molar-refractivity contribution in [3.05, 3.63) is 71.8 Å². The number of fused-ring (bicyclic) bond motifs is 5. The summed E-state index contributed by atoms with van der Waals surface area (Å²) < 4.78 is 13.1. The molecular weight excluding hydrogens is 350 g/mol. The number of nitrogens with zero attached hydrogens (tertiary/aromatic N) is 1. The normalized spacial score (nSPS) is 32.5. The molecule has 0 amide bonds. The number of quaternary nitrogens is 1. The monoisotopic (exact) mass is 378 g/mol. The lowest BCUT2D eigenvalue weighted by Crippen LogP contribution is -2.60. The molecule has 3 unspecified atom stereocenters. The number of hydrogen-bond acceptors (Lipinski definition) is 3. The molecule has 3 aliphatic heterocycles. The van der Waals surface area contributed by atoms with Crippen molar-refractivity contribution in [1.29, 1.82) is 0 Å². The highest BCUT2D eigenvalue weighted by atomic mass is 16.6. The fraction of sp³-hybridized carbons (Fsp3) is 0.458. The second kappa shape index (κ2) is 6.16. The van der Waals surface area contributed by atoms with E-state index in [2.05, 4.69) is 14.1 Å². The van der Waals surface area contributed by atoms with Crippen molar-refractivity contribution in [3.63, 3.8) is 0 Å². The Kier molecular flexibility index (Phi) is 3.94. The number of ether oxygens (including phenoxy) is 2. The van der Waals surface area contributed by atoms with E-state index in [1.165, 1.54) is 0 Å². The summed E-state index contributed by atoms with van der Waals surface area (Å²) in [5.74, 6) is -0.156. The fourth-order valence-corrected chi connectivity index (χ4v) is 5.52. The zero-order valence-corrected chi connectivity index (χ0v) is 16.7. The molecule has 5 rings (SSSR count). The van der Waals surface area contributed by atoms with Gasteiger partial charge in [-0.15, -0.1) is 0 Å². The minimum absolute atomic E-state index is 0.0307. The summed E-state index contributed by atoms with van der Waals surface area (Å²) in [6.45, 7) is 1.98. The van der Waals surface area contributed by atoms with Gasteiger partial charge in [-0.25, -0.2) is 0 Å². The molecule has 4 nitrogen and oxygen atoms in total. The van der Waals surface area contributed by atoms with Crippen LogP contribution in [0.1, 0.15) is 30.9 Å². The first-order valence-electron chi connectivity index (χ1n) is 10.2. The SMILES string of the molecule is CC(C(=O)O[C@H]1CC2C3O[C@@H]3C(C1)[N+]2(C)C)(c1ccccc1)c1ccccc1. The first-order valence-corrected chi connectivity index (χ1v) is 10.2. The first-order chi connectivity index (χ1) is 13.4. The van der Waals surface area contributed by atoms with Gasteiger partial charge in [0.25, 0.3) is 0 Å². The van der Waals surface area contributed by atoms with Gasteiger partial charge in [0.15, 0.2) is 0 Å². The molecule has 0 spiro atoms. The van der Waals surface area contributed by atoms with Crippen molar-refractivity contribution in [2.45, 2.75) is 55.6 Å². The van der Waals surface area contributed by atoms with Crippen LogP contribution in [0.3, 0.4) is 0 Å². The lowest BCUT2D eigenvalue weighted by molar-refractivity contribution is -0.938. The number of benzene rings is 2. The Morgan fingerprint density at radius 3 is 1.86 bits per heavy atom. The number of rotatable bonds is 4. The molecule has 2 aromatic carbocycles. The van der Waals surface area contributed by atoms with Gasteiger partial charge in [-0.3, -0.25) is 4.79 Å². The Bertz CT molecular complexity index is 820. The van der Waals surface area contributed by atoms with Crippen molar-refractivity contribution < 1.29 is 18.8 Å². The standard InChI is InChI=1S/C24H28NO3/c1-24(16-10-6-4-7-11-16,17-12-8-5-9-13-17)23(26)27-18-14-19-21-22(28-21)20(15-18)25(19,2)3/h4-13,18-22H,14-15H2,1-3H3/q+1/t18-,19?,20?,21-,22?/m1/s1. The Labute approximate surface area is 166 Å². The summed E-state index contributed by atoms with van der Waals surface area (Å²) in [6.07, 6.45) is 2.46. The number of likely N-dealkylation sites (N-methyl/N-ethyl adjacent to an activating group) is 1. The highest BCUT2D eigenvalue weighted by Crippen LogP contribution is 2.52. The molecule has 3 fully saturated rings. The molecule has 3 heterocycles. The summed E-state index contributed by atoms with van der Waals surface area (Å²) >= 11 is 0.